The van der Waals surface area contributed by atoms with Crippen molar-refractivity contribution in [3.8, 4) is 22.8 Å². The van der Waals surface area contributed by atoms with E-state index >= 15 is 0 Å². The van der Waals surface area contributed by atoms with Crippen LogP contribution in [0.4, 0.5) is 5.69 Å². The summed E-state index contributed by atoms with van der Waals surface area (Å²) in [7, 11) is 1.58. The van der Waals surface area contributed by atoms with Crippen molar-refractivity contribution >= 4 is 5.69 Å². The van der Waals surface area contributed by atoms with Gasteiger partial charge in [0.15, 0.2) is 11.6 Å². The highest BCUT2D eigenvalue weighted by molar-refractivity contribution is 5.74. The van der Waals surface area contributed by atoms with Crippen molar-refractivity contribution in [2.24, 2.45) is 0 Å². The number of aryl methyl sites for hydroxylation is 1. The second-order valence-electron chi connectivity index (χ2n) is 4.63. The maximum absolute atomic E-state index is 5.95. The number of rotatable bonds is 3. The first-order valence-corrected chi connectivity index (χ1v) is 6.49. The van der Waals surface area contributed by atoms with Crippen LogP contribution in [0.1, 0.15) is 5.56 Å². The number of hydrogen-bond acceptors (Lipinski definition) is 5. The van der Waals surface area contributed by atoms with Crippen molar-refractivity contribution in [3.63, 3.8) is 0 Å². The minimum absolute atomic E-state index is 0.550. The van der Waals surface area contributed by atoms with Crippen molar-refractivity contribution in [2.45, 2.75) is 6.92 Å². The zero-order valence-electron chi connectivity index (χ0n) is 11.8. The fourth-order valence-electron chi connectivity index (χ4n) is 2.28. The first-order chi connectivity index (χ1) is 10.2. The molecule has 0 saturated carbocycles. The molecule has 0 bridgehead atoms. The van der Waals surface area contributed by atoms with Crippen LogP contribution < -0.4 is 10.5 Å². The van der Waals surface area contributed by atoms with Gasteiger partial charge >= 0.3 is 0 Å². The lowest BCUT2D eigenvalue weighted by Crippen LogP contribution is -2.03. The van der Waals surface area contributed by atoms with Crippen LogP contribution in [0.2, 0.25) is 0 Å². The zero-order valence-corrected chi connectivity index (χ0v) is 11.8. The van der Waals surface area contributed by atoms with E-state index in [2.05, 4.69) is 15.5 Å². The quantitative estimate of drug-likeness (QED) is 0.745. The Morgan fingerprint density at radius 2 is 1.90 bits per heavy atom. The van der Waals surface area contributed by atoms with Gasteiger partial charge in [0.1, 0.15) is 0 Å². The molecule has 0 atom stereocenters. The molecule has 0 fully saturated rings. The van der Waals surface area contributed by atoms with Crippen molar-refractivity contribution in [2.75, 3.05) is 12.8 Å². The van der Waals surface area contributed by atoms with E-state index in [9.17, 15) is 0 Å². The van der Waals surface area contributed by atoms with Gasteiger partial charge in [-0.2, -0.15) is 4.68 Å². The minimum Gasteiger partial charge on any atom is -0.494 e. The first-order valence-electron chi connectivity index (χ1n) is 6.49. The maximum atomic E-state index is 5.95. The van der Waals surface area contributed by atoms with E-state index in [1.165, 1.54) is 0 Å². The Bertz CT molecular complexity index is 781. The molecule has 0 spiro atoms. The minimum atomic E-state index is 0.550. The van der Waals surface area contributed by atoms with Crippen molar-refractivity contribution in [1.82, 2.24) is 20.2 Å². The van der Waals surface area contributed by atoms with Crippen LogP contribution in [0, 0.1) is 6.92 Å². The molecule has 0 unspecified atom stereocenters. The summed E-state index contributed by atoms with van der Waals surface area (Å²) in [5, 5.41) is 12.0. The second-order valence-corrected chi connectivity index (χ2v) is 4.63. The largest absolute Gasteiger partial charge is 0.494 e. The molecule has 3 aromatic rings. The average Bonchev–Trinajstić information content (AvgIpc) is 2.96. The first kappa shape index (κ1) is 13.1. The van der Waals surface area contributed by atoms with E-state index in [1.807, 2.05) is 43.3 Å². The van der Waals surface area contributed by atoms with Gasteiger partial charge in [0.25, 0.3) is 0 Å². The summed E-state index contributed by atoms with van der Waals surface area (Å²) in [4.78, 5) is 0. The number of anilines is 1. The fraction of sp³-hybridized carbons (Fsp3) is 0.133. The normalized spacial score (nSPS) is 10.6. The van der Waals surface area contributed by atoms with Crippen LogP contribution in [0.15, 0.2) is 42.5 Å². The Morgan fingerprint density at radius 1 is 1.10 bits per heavy atom. The third-order valence-electron chi connectivity index (χ3n) is 3.30. The predicted octanol–water partition coefficient (Wildman–Crippen LogP) is 2.23. The number of nitrogens with two attached hydrogens (primary N) is 1. The van der Waals surface area contributed by atoms with E-state index in [1.54, 1.807) is 17.9 Å². The van der Waals surface area contributed by atoms with Gasteiger partial charge in [-0.15, -0.1) is 5.10 Å². The Balaban J connectivity index is 2.21. The Morgan fingerprint density at radius 3 is 2.67 bits per heavy atom. The van der Waals surface area contributed by atoms with Crippen molar-refractivity contribution in [3.05, 3.63) is 48.0 Å². The standard InChI is InChI=1S/C15H15N5O/c1-10-6-3-4-9-13(10)20-15(17-18-19-20)11-7-5-8-12(16)14(11)21-2/h3-9H,16H2,1-2H3. The third-order valence-corrected chi connectivity index (χ3v) is 3.30. The lowest BCUT2D eigenvalue weighted by Gasteiger charge is -2.11. The highest BCUT2D eigenvalue weighted by Gasteiger charge is 2.17. The van der Waals surface area contributed by atoms with E-state index in [-0.39, 0.29) is 0 Å². The number of hydrogen-bond donors (Lipinski definition) is 1. The van der Waals surface area contributed by atoms with Crippen LogP contribution in [-0.4, -0.2) is 27.3 Å². The Labute approximate surface area is 122 Å². The number of nitrogen functional groups attached to an aromatic ring is 1. The summed E-state index contributed by atoms with van der Waals surface area (Å²) in [5.41, 5.74) is 9.26. The van der Waals surface area contributed by atoms with Gasteiger partial charge in [0.05, 0.1) is 24.0 Å². The van der Waals surface area contributed by atoms with Crippen molar-refractivity contribution < 1.29 is 4.74 Å². The lowest BCUT2D eigenvalue weighted by molar-refractivity contribution is 0.418. The number of para-hydroxylation sites is 2. The van der Waals surface area contributed by atoms with Crippen molar-refractivity contribution in [1.29, 1.82) is 0 Å². The SMILES string of the molecule is COc1c(N)cccc1-c1nnnn1-c1ccccc1C. The molecule has 6 heteroatoms. The molecule has 2 aromatic carbocycles. The summed E-state index contributed by atoms with van der Waals surface area (Å²) in [6.07, 6.45) is 0. The zero-order chi connectivity index (χ0) is 14.8. The van der Waals surface area contributed by atoms with Gasteiger partial charge in [-0.25, -0.2) is 0 Å². The van der Waals surface area contributed by atoms with Crippen LogP contribution in [-0.2, 0) is 0 Å². The number of nitrogens with zero attached hydrogens (tertiary/aromatic N) is 4. The molecule has 0 aliphatic carbocycles. The predicted molar refractivity (Wildman–Crippen MR) is 80.3 cm³/mol. The van der Waals surface area contributed by atoms with Gasteiger partial charge in [-0.1, -0.05) is 24.3 Å². The number of ether oxygens (including phenoxy) is 1. The molecule has 0 aliphatic heterocycles. The van der Waals surface area contributed by atoms with E-state index in [4.69, 9.17) is 10.5 Å². The molecule has 3 rings (SSSR count). The summed E-state index contributed by atoms with van der Waals surface area (Å²) < 4.78 is 7.07. The molecule has 0 amide bonds. The Hall–Kier alpha value is -2.89. The second kappa shape index (κ2) is 5.24. The number of methoxy groups -OCH3 is 1. The summed E-state index contributed by atoms with van der Waals surface area (Å²) >= 11 is 0. The molecule has 0 aliphatic rings. The number of aromatic nitrogens is 4. The van der Waals surface area contributed by atoms with Crippen LogP contribution in [0.3, 0.4) is 0 Å². The molecule has 1 aromatic heterocycles. The molecule has 2 N–H and O–H groups in total. The molecular formula is C15H15N5O. The molecule has 106 valence electrons. The highest BCUT2D eigenvalue weighted by atomic mass is 16.5. The average molecular weight is 281 g/mol. The molecular weight excluding hydrogens is 266 g/mol. The maximum Gasteiger partial charge on any atom is 0.190 e. The van der Waals surface area contributed by atoms with Gasteiger partial charge < -0.3 is 10.5 Å². The summed E-state index contributed by atoms with van der Waals surface area (Å²) in [5.74, 6) is 1.16. The van der Waals surface area contributed by atoms with Gasteiger partial charge in [0.2, 0.25) is 0 Å². The molecule has 1 heterocycles. The van der Waals surface area contributed by atoms with Gasteiger partial charge in [-0.05, 0) is 41.1 Å². The number of tetrazole rings is 1. The van der Waals surface area contributed by atoms with Crippen LogP contribution in [0.5, 0.6) is 5.75 Å². The topological polar surface area (TPSA) is 78.8 Å². The van der Waals surface area contributed by atoms with Gasteiger partial charge in [-0.3, -0.25) is 0 Å². The highest BCUT2D eigenvalue weighted by Crippen LogP contribution is 2.34. The third kappa shape index (κ3) is 2.20. The number of benzene rings is 2. The van der Waals surface area contributed by atoms with Crippen LogP contribution >= 0.6 is 0 Å². The molecule has 6 nitrogen and oxygen atoms in total. The Kier molecular flexibility index (Phi) is 3.27. The fourth-order valence-corrected chi connectivity index (χ4v) is 2.28. The van der Waals surface area contributed by atoms with E-state index in [0.717, 1.165) is 16.8 Å². The molecule has 0 saturated heterocycles. The monoisotopic (exact) mass is 281 g/mol. The lowest BCUT2D eigenvalue weighted by atomic mass is 10.1. The smallest absolute Gasteiger partial charge is 0.190 e. The van der Waals surface area contributed by atoms with Gasteiger partial charge in [0, 0.05) is 0 Å². The van der Waals surface area contributed by atoms with Crippen LogP contribution in [0.25, 0.3) is 17.1 Å². The summed E-state index contributed by atoms with van der Waals surface area (Å²) in [6, 6.07) is 13.4. The van der Waals surface area contributed by atoms with E-state index < -0.39 is 0 Å². The summed E-state index contributed by atoms with van der Waals surface area (Å²) in [6.45, 7) is 2.01. The molecule has 21 heavy (non-hydrogen) atoms. The van der Waals surface area contributed by atoms with E-state index in [0.29, 0.717) is 17.3 Å². The molecule has 0 radical (unpaired) electrons.